The van der Waals surface area contributed by atoms with Crippen LogP contribution in [0.2, 0.25) is 5.02 Å². The summed E-state index contributed by atoms with van der Waals surface area (Å²) in [5.74, 6) is 0.579. The fourth-order valence-electron chi connectivity index (χ4n) is 1.55. The van der Waals surface area contributed by atoms with Crippen LogP contribution < -0.4 is 4.74 Å². The van der Waals surface area contributed by atoms with E-state index in [-0.39, 0.29) is 0 Å². The van der Waals surface area contributed by atoms with Crippen LogP contribution in [0.15, 0.2) is 22.8 Å². The van der Waals surface area contributed by atoms with Crippen molar-refractivity contribution < 1.29 is 14.3 Å². The third kappa shape index (κ3) is 1.58. The molecule has 1 aromatic heterocycles. The molecule has 15 heavy (non-hydrogen) atoms. The Kier molecular flexibility index (Phi) is 2.59. The second-order valence-electron chi connectivity index (χ2n) is 3.32. The number of benzene rings is 1. The smallest absolute Gasteiger partial charge is 0.177 e. The molecule has 0 aliphatic rings. The summed E-state index contributed by atoms with van der Waals surface area (Å²) >= 11 is 6.13. The Balaban J connectivity index is 2.79. The summed E-state index contributed by atoms with van der Waals surface area (Å²) in [6.45, 7) is 1.66. The molecule has 0 spiro atoms. The minimum absolute atomic E-state index is 0.509. The molecular formula is C11H11ClO3. The molecule has 1 heterocycles. The van der Waals surface area contributed by atoms with Crippen molar-refractivity contribution in [3.05, 3.63) is 29.0 Å². The van der Waals surface area contributed by atoms with Gasteiger partial charge in [-0.25, -0.2) is 0 Å². The summed E-state index contributed by atoms with van der Waals surface area (Å²) in [6, 6.07) is 3.45. The Morgan fingerprint density at radius 1 is 1.53 bits per heavy atom. The van der Waals surface area contributed by atoms with Gasteiger partial charge in [0.15, 0.2) is 11.3 Å². The van der Waals surface area contributed by atoms with Gasteiger partial charge in [0.2, 0.25) is 0 Å². The Labute approximate surface area is 92.2 Å². The summed E-state index contributed by atoms with van der Waals surface area (Å²) < 4.78 is 10.4. The molecule has 1 unspecified atom stereocenters. The first-order valence-electron chi connectivity index (χ1n) is 4.56. The lowest BCUT2D eigenvalue weighted by molar-refractivity contribution is 0.199. The predicted molar refractivity (Wildman–Crippen MR) is 58.4 cm³/mol. The third-order valence-corrected chi connectivity index (χ3v) is 2.76. The van der Waals surface area contributed by atoms with Crippen molar-refractivity contribution in [2.75, 3.05) is 7.11 Å². The molecule has 2 rings (SSSR count). The van der Waals surface area contributed by atoms with E-state index in [4.69, 9.17) is 20.8 Å². The number of hydrogen-bond acceptors (Lipinski definition) is 3. The van der Waals surface area contributed by atoms with Gasteiger partial charge in [-0.05, 0) is 19.1 Å². The summed E-state index contributed by atoms with van der Waals surface area (Å²) in [4.78, 5) is 0. The molecule has 0 fully saturated rings. The molecule has 80 valence electrons. The molecule has 4 heteroatoms. The van der Waals surface area contributed by atoms with Gasteiger partial charge in [-0.15, -0.1) is 0 Å². The van der Waals surface area contributed by atoms with Crippen molar-refractivity contribution in [2.45, 2.75) is 13.0 Å². The summed E-state index contributed by atoms with van der Waals surface area (Å²) in [6.07, 6.45) is 0.913. The van der Waals surface area contributed by atoms with Crippen LogP contribution in [0.3, 0.4) is 0 Å². The van der Waals surface area contributed by atoms with E-state index in [0.717, 1.165) is 5.39 Å². The molecule has 3 nitrogen and oxygen atoms in total. The van der Waals surface area contributed by atoms with Crippen molar-refractivity contribution in [1.29, 1.82) is 0 Å². The van der Waals surface area contributed by atoms with E-state index in [1.165, 1.54) is 0 Å². The number of furan rings is 1. The fraction of sp³-hybridized carbons (Fsp3) is 0.273. The van der Waals surface area contributed by atoms with Gasteiger partial charge in [-0.3, -0.25) is 0 Å². The highest BCUT2D eigenvalue weighted by atomic mass is 35.5. The number of ether oxygens (including phenoxy) is 1. The van der Waals surface area contributed by atoms with Crippen LogP contribution in [0.5, 0.6) is 5.75 Å². The number of aliphatic hydroxyl groups excluding tert-OH is 1. The first-order chi connectivity index (χ1) is 7.15. The number of hydrogen-bond donors (Lipinski definition) is 1. The average Bonchev–Trinajstić information content (AvgIpc) is 2.67. The predicted octanol–water partition coefficient (Wildman–Crippen LogP) is 3.15. The molecule has 0 bridgehead atoms. The maximum absolute atomic E-state index is 9.55. The zero-order valence-corrected chi connectivity index (χ0v) is 9.21. The van der Waals surface area contributed by atoms with E-state index in [9.17, 15) is 5.11 Å². The van der Waals surface area contributed by atoms with Crippen LogP contribution in [-0.2, 0) is 0 Å². The van der Waals surface area contributed by atoms with Crippen LogP contribution in [0.25, 0.3) is 11.0 Å². The molecule has 0 aliphatic heterocycles. The molecule has 0 saturated heterocycles. The maximum atomic E-state index is 9.55. The normalized spacial score (nSPS) is 13.1. The fourth-order valence-corrected chi connectivity index (χ4v) is 1.92. The summed E-state index contributed by atoms with van der Waals surface area (Å²) in [5, 5.41) is 10.8. The zero-order chi connectivity index (χ0) is 11.0. The molecule has 1 N–H and O–H groups in total. The molecule has 2 aromatic rings. The van der Waals surface area contributed by atoms with E-state index in [1.807, 2.05) is 0 Å². The van der Waals surface area contributed by atoms with Gasteiger partial charge in [0.25, 0.3) is 0 Å². The van der Waals surface area contributed by atoms with Gasteiger partial charge in [0, 0.05) is 10.9 Å². The van der Waals surface area contributed by atoms with Crippen molar-refractivity contribution >= 4 is 22.6 Å². The second kappa shape index (κ2) is 3.76. The van der Waals surface area contributed by atoms with Crippen molar-refractivity contribution in [3.8, 4) is 5.75 Å². The van der Waals surface area contributed by atoms with Gasteiger partial charge >= 0.3 is 0 Å². The van der Waals surface area contributed by atoms with Crippen molar-refractivity contribution in [2.24, 2.45) is 0 Å². The Bertz CT molecular complexity index is 488. The lowest BCUT2D eigenvalue weighted by Crippen LogP contribution is -1.94. The summed E-state index contributed by atoms with van der Waals surface area (Å²) in [7, 11) is 1.55. The molecule has 0 radical (unpaired) electrons. The van der Waals surface area contributed by atoms with Gasteiger partial charge in [0.1, 0.15) is 0 Å². The van der Waals surface area contributed by atoms with Gasteiger partial charge in [-0.1, -0.05) is 11.6 Å². The highest BCUT2D eigenvalue weighted by Crippen LogP contribution is 2.37. The van der Waals surface area contributed by atoms with Gasteiger partial charge in [0.05, 0.1) is 24.5 Å². The Morgan fingerprint density at radius 2 is 2.27 bits per heavy atom. The topological polar surface area (TPSA) is 42.6 Å². The molecule has 0 saturated carbocycles. The molecule has 0 aliphatic carbocycles. The lowest BCUT2D eigenvalue weighted by atomic mass is 10.1. The van der Waals surface area contributed by atoms with Crippen LogP contribution in [0.1, 0.15) is 18.6 Å². The van der Waals surface area contributed by atoms with Crippen molar-refractivity contribution in [3.63, 3.8) is 0 Å². The average molecular weight is 227 g/mol. The van der Waals surface area contributed by atoms with Crippen molar-refractivity contribution in [1.82, 2.24) is 0 Å². The number of halogens is 1. The SMILES string of the molecule is COc1cc(C(C)O)c(Cl)c2ccoc12. The van der Waals surface area contributed by atoms with E-state index < -0.39 is 6.10 Å². The first kappa shape index (κ1) is 10.3. The molecular weight excluding hydrogens is 216 g/mol. The first-order valence-corrected chi connectivity index (χ1v) is 4.94. The van der Waals surface area contributed by atoms with Crippen LogP contribution in [0.4, 0.5) is 0 Å². The quantitative estimate of drug-likeness (QED) is 0.856. The second-order valence-corrected chi connectivity index (χ2v) is 3.70. The molecule has 1 atom stereocenters. The van der Waals surface area contributed by atoms with Gasteiger partial charge < -0.3 is 14.3 Å². The van der Waals surface area contributed by atoms with Gasteiger partial charge in [-0.2, -0.15) is 0 Å². The minimum atomic E-state index is -0.634. The molecule has 0 amide bonds. The summed E-state index contributed by atoms with van der Waals surface area (Å²) in [5.41, 5.74) is 1.24. The third-order valence-electron chi connectivity index (χ3n) is 2.34. The van der Waals surface area contributed by atoms with Crippen LogP contribution in [-0.4, -0.2) is 12.2 Å². The maximum Gasteiger partial charge on any atom is 0.177 e. The van der Waals surface area contributed by atoms with Crippen LogP contribution in [0, 0.1) is 0 Å². The van der Waals surface area contributed by atoms with E-state index >= 15 is 0 Å². The highest BCUT2D eigenvalue weighted by Gasteiger charge is 2.16. The van der Waals surface area contributed by atoms with E-state index in [1.54, 1.807) is 32.4 Å². The van der Waals surface area contributed by atoms with E-state index in [2.05, 4.69) is 0 Å². The number of methoxy groups -OCH3 is 1. The monoisotopic (exact) mass is 226 g/mol. The standard InChI is InChI=1S/C11H11ClO3/c1-6(13)8-5-9(14-2)11-7(10(8)12)3-4-15-11/h3-6,13H,1-2H3. The number of aliphatic hydroxyl groups is 1. The largest absolute Gasteiger partial charge is 0.493 e. The van der Waals surface area contributed by atoms with Crippen LogP contribution >= 0.6 is 11.6 Å². The zero-order valence-electron chi connectivity index (χ0n) is 8.45. The Hall–Kier alpha value is -1.19. The number of rotatable bonds is 2. The lowest BCUT2D eigenvalue weighted by Gasteiger charge is -2.10. The number of fused-ring (bicyclic) bond motifs is 1. The Morgan fingerprint density at radius 3 is 2.87 bits per heavy atom. The minimum Gasteiger partial charge on any atom is -0.493 e. The van der Waals surface area contributed by atoms with E-state index in [0.29, 0.717) is 21.9 Å². The molecule has 1 aromatic carbocycles. The highest BCUT2D eigenvalue weighted by molar-refractivity contribution is 6.36.